The molecule has 0 saturated carbocycles. The minimum atomic E-state index is -1.15. The Bertz CT molecular complexity index is 260. The molecule has 0 aliphatic carbocycles. The number of aliphatic hydroxyl groups excluding tert-OH is 3. The number of benzene rings is 1. The van der Waals surface area contributed by atoms with E-state index < -0.39 is 18.8 Å². The molecule has 0 amide bonds. The predicted octanol–water partition coefficient (Wildman–Crippen LogP) is 0.727. The number of rotatable bonds is 3. The SMILES string of the molecule is OCC(O)C(O)c1ccc(Cl)cc1. The first kappa shape index (κ1) is 10.5. The third-order valence-electron chi connectivity index (χ3n) is 1.76. The monoisotopic (exact) mass is 202 g/mol. The van der Waals surface area contributed by atoms with Crippen LogP contribution in [-0.4, -0.2) is 28.0 Å². The highest BCUT2D eigenvalue weighted by Crippen LogP contribution is 2.18. The summed E-state index contributed by atoms with van der Waals surface area (Å²) >= 11 is 5.64. The lowest BCUT2D eigenvalue weighted by atomic mass is 10.1. The van der Waals surface area contributed by atoms with E-state index in [1.165, 1.54) is 0 Å². The maximum Gasteiger partial charge on any atom is 0.107 e. The van der Waals surface area contributed by atoms with Gasteiger partial charge in [0.2, 0.25) is 0 Å². The molecule has 0 aromatic heterocycles. The molecule has 3 nitrogen and oxygen atoms in total. The van der Waals surface area contributed by atoms with Crippen molar-refractivity contribution < 1.29 is 15.3 Å². The summed E-state index contributed by atoms with van der Waals surface area (Å²) < 4.78 is 0. The zero-order valence-corrected chi connectivity index (χ0v) is 7.65. The van der Waals surface area contributed by atoms with E-state index in [1.807, 2.05) is 0 Å². The summed E-state index contributed by atoms with van der Waals surface area (Å²) in [7, 11) is 0. The molecule has 0 fully saturated rings. The Labute approximate surface area is 81.2 Å². The van der Waals surface area contributed by atoms with Crippen LogP contribution in [0.15, 0.2) is 24.3 Å². The van der Waals surface area contributed by atoms with Crippen molar-refractivity contribution in [2.75, 3.05) is 6.61 Å². The molecular weight excluding hydrogens is 192 g/mol. The molecule has 0 aliphatic heterocycles. The fourth-order valence-electron chi connectivity index (χ4n) is 0.982. The van der Waals surface area contributed by atoms with Crippen LogP contribution in [0, 0.1) is 0 Å². The van der Waals surface area contributed by atoms with E-state index in [4.69, 9.17) is 21.8 Å². The average molecular weight is 203 g/mol. The lowest BCUT2D eigenvalue weighted by molar-refractivity contribution is -0.0152. The highest BCUT2D eigenvalue weighted by Gasteiger charge is 2.16. The van der Waals surface area contributed by atoms with Crippen LogP contribution in [0.2, 0.25) is 5.02 Å². The molecule has 0 spiro atoms. The Kier molecular flexibility index (Phi) is 3.69. The van der Waals surface area contributed by atoms with E-state index >= 15 is 0 Å². The molecule has 2 unspecified atom stereocenters. The number of hydrogen-bond acceptors (Lipinski definition) is 3. The Morgan fingerprint density at radius 2 is 1.69 bits per heavy atom. The lowest BCUT2D eigenvalue weighted by Crippen LogP contribution is -2.21. The van der Waals surface area contributed by atoms with Gasteiger partial charge in [-0.05, 0) is 17.7 Å². The van der Waals surface area contributed by atoms with Gasteiger partial charge in [-0.2, -0.15) is 0 Å². The first-order valence-corrected chi connectivity index (χ1v) is 4.25. The van der Waals surface area contributed by atoms with Gasteiger partial charge in [0.25, 0.3) is 0 Å². The summed E-state index contributed by atoms with van der Waals surface area (Å²) in [5.74, 6) is 0. The molecule has 13 heavy (non-hydrogen) atoms. The normalized spacial score (nSPS) is 15.4. The molecule has 3 N–H and O–H groups in total. The van der Waals surface area contributed by atoms with E-state index in [-0.39, 0.29) is 0 Å². The van der Waals surface area contributed by atoms with Crippen molar-refractivity contribution in [2.45, 2.75) is 12.2 Å². The average Bonchev–Trinajstić information content (AvgIpc) is 2.17. The smallest absolute Gasteiger partial charge is 0.107 e. The highest BCUT2D eigenvalue weighted by molar-refractivity contribution is 6.30. The highest BCUT2D eigenvalue weighted by atomic mass is 35.5. The maximum atomic E-state index is 9.43. The fourth-order valence-corrected chi connectivity index (χ4v) is 1.11. The molecule has 0 aliphatic rings. The summed E-state index contributed by atoms with van der Waals surface area (Å²) in [6.45, 7) is -0.468. The Balaban J connectivity index is 2.77. The van der Waals surface area contributed by atoms with Crippen LogP contribution < -0.4 is 0 Å². The number of aliphatic hydroxyl groups is 3. The third-order valence-corrected chi connectivity index (χ3v) is 2.02. The first-order valence-electron chi connectivity index (χ1n) is 3.87. The van der Waals surface area contributed by atoms with Crippen molar-refractivity contribution in [3.05, 3.63) is 34.9 Å². The topological polar surface area (TPSA) is 60.7 Å². The molecule has 1 rings (SSSR count). The Morgan fingerprint density at radius 1 is 1.15 bits per heavy atom. The van der Waals surface area contributed by atoms with Crippen LogP contribution in [0.3, 0.4) is 0 Å². The van der Waals surface area contributed by atoms with Gasteiger partial charge in [0.15, 0.2) is 0 Å². The first-order chi connectivity index (χ1) is 6.15. The molecule has 1 aromatic rings. The molecular formula is C9H11ClO3. The van der Waals surface area contributed by atoms with E-state index in [0.717, 1.165) is 0 Å². The van der Waals surface area contributed by atoms with Gasteiger partial charge in [-0.3, -0.25) is 0 Å². The maximum absolute atomic E-state index is 9.43. The molecule has 1 aromatic carbocycles. The standard InChI is InChI=1S/C9H11ClO3/c10-7-3-1-6(2-4-7)9(13)8(12)5-11/h1-4,8-9,11-13H,5H2. The zero-order valence-electron chi connectivity index (χ0n) is 6.89. The van der Waals surface area contributed by atoms with Crippen molar-refractivity contribution in [1.82, 2.24) is 0 Å². The molecule has 0 bridgehead atoms. The quantitative estimate of drug-likeness (QED) is 0.677. The van der Waals surface area contributed by atoms with E-state index in [0.29, 0.717) is 10.6 Å². The second kappa shape index (κ2) is 4.58. The summed E-state index contributed by atoms with van der Waals surface area (Å²) in [6, 6.07) is 6.44. The summed E-state index contributed by atoms with van der Waals surface area (Å²) in [5.41, 5.74) is 0.533. The molecule has 0 saturated heterocycles. The van der Waals surface area contributed by atoms with Gasteiger partial charge in [0.05, 0.1) is 6.61 Å². The Hall–Kier alpha value is -0.610. The summed E-state index contributed by atoms with van der Waals surface area (Å²) in [6.07, 6.45) is -2.22. The van der Waals surface area contributed by atoms with Crippen molar-refractivity contribution in [1.29, 1.82) is 0 Å². The third kappa shape index (κ3) is 2.67. The van der Waals surface area contributed by atoms with E-state index in [1.54, 1.807) is 24.3 Å². The molecule has 0 heterocycles. The molecule has 4 heteroatoms. The van der Waals surface area contributed by atoms with Crippen molar-refractivity contribution in [3.8, 4) is 0 Å². The molecule has 0 radical (unpaired) electrons. The predicted molar refractivity (Wildman–Crippen MR) is 49.5 cm³/mol. The van der Waals surface area contributed by atoms with Gasteiger partial charge in [-0.15, -0.1) is 0 Å². The van der Waals surface area contributed by atoms with Gasteiger partial charge in [0, 0.05) is 5.02 Å². The minimum Gasteiger partial charge on any atom is -0.394 e. The van der Waals surface area contributed by atoms with E-state index in [2.05, 4.69) is 0 Å². The number of halogens is 1. The van der Waals surface area contributed by atoms with Gasteiger partial charge < -0.3 is 15.3 Å². The van der Waals surface area contributed by atoms with Crippen molar-refractivity contribution in [3.63, 3.8) is 0 Å². The minimum absolute atomic E-state index is 0.468. The summed E-state index contributed by atoms with van der Waals surface area (Å²) in [5, 5.41) is 27.7. The lowest BCUT2D eigenvalue weighted by Gasteiger charge is -2.15. The summed E-state index contributed by atoms with van der Waals surface area (Å²) in [4.78, 5) is 0. The van der Waals surface area contributed by atoms with Gasteiger partial charge >= 0.3 is 0 Å². The number of hydrogen-bond donors (Lipinski definition) is 3. The molecule has 72 valence electrons. The van der Waals surface area contributed by atoms with Crippen molar-refractivity contribution >= 4 is 11.6 Å². The second-order valence-electron chi connectivity index (χ2n) is 2.75. The van der Waals surface area contributed by atoms with E-state index in [9.17, 15) is 5.11 Å². The van der Waals surface area contributed by atoms with Crippen LogP contribution in [0.25, 0.3) is 0 Å². The van der Waals surface area contributed by atoms with Gasteiger partial charge in [-0.1, -0.05) is 23.7 Å². The van der Waals surface area contributed by atoms with Crippen LogP contribution in [0.5, 0.6) is 0 Å². The van der Waals surface area contributed by atoms with Gasteiger partial charge in [-0.25, -0.2) is 0 Å². The Morgan fingerprint density at radius 3 is 2.15 bits per heavy atom. The van der Waals surface area contributed by atoms with Crippen LogP contribution in [0.4, 0.5) is 0 Å². The fraction of sp³-hybridized carbons (Fsp3) is 0.333. The van der Waals surface area contributed by atoms with Gasteiger partial charge in [0.1, 0.15) is 12.2 Å². The van der Waals surface area contributed by atoms with Crippen LogP contribution in [-0.2, 0) is 0 Å². The van der Waals surface area contributed by atoms with Crippen molar-refractivity contribution in [2.24, 2.45) is 0 Å². The second-order valence-corrected chi connectivity index (χ2v) is 3.18. The molecule has 2 atom stereocenters. The van der Waals surface area contributed by atoms with Crippen LogP contribution in [0.1, 0.15) is 11.7 Å². The largest absolute Gasteiger partial charge is 0.394 e. The zero-order chi connectivity index (χ0) is 9.84. The van der Waals surface area contributed by atoms with Crippen LogP contribution >= 0.6 is 11.6 Å².